The van der Waals surface area contributed by atoms with Crippen LogP contribution in [0.15, 0.2) is 88.2 Å². The first kappa shape index (κ1) is 24.3. The number of carbonyl (C=O) groups excluding carboxylic acids is 1. The van der Waals surface area contributed by atoms with E-state index in [1.165, 1.54) is 30.3 Å². The summed E-state index contributed by atoms with van der Waals surface area (Å²) in [6.07, 6.45) is 0. The van der Waals surface area contributed by atoms with Crippen LogP contribution in [-0.2, 0) is 10.0 Å². The molecule has 0 saturated carbocycles. The molecule has 0 aliphatic carbocycles. The maximum Gasteiger partial charge on any atom is 0.255 e. The SMILES string of the molecule is Nc1cc(Br)ccc1-c1cc(C(=O)Nc2ccc(O)c(O)c2)cc(-c2ccc(S(N)(=O)=O)cc2)c1. The van der Waals surface area contributed by atoms with Gasteiger partial charge in [0.1, 0.15) is 0 Å². The van der Waals surface area contributed by atoms with Gasteiger partial charge in [-0.15, -0.1) is 0 Å². The number of phenols is 2. The summed E-state index contributed by atoms with van der Waals surface area (Å²) in [7, 11) is -3.85. The highest BCUT2D eigenvalue weighted by Gasteiger charge is 2.15. The average molecular weight is 554 g/mol. The third-order valence-corrected chi connectivity index (χ3v) is 6.69. The van der Waals surface area contributed by atoms with Crippen molar-refractivity contribution in [2.75, 3.05) is 11.1 Å². The number of nitrogens with two attached hydrogens (primary N) is 2. The van der Waals surface area contributed by atoms with Crippen LogP contribution < -0.4 is 16.2 Å². The Morgan fingerprint density at radius 2 is 1.49 bits per heavy atom. The van der Waals surface area contributed by atoms with Gasteiger partial charge in [-0.1, -0.05) is 34.1 Å². The lowest BCUT2D eigenvalue weighted by Gasteiger charge is -2.13. The van der Waals surface area contributed by atoms with E-state index in [1.54, 1.807) is 30.3 Å². The number of hydrogen-bond donors (Lipinski definition) is 5. The van der Waals surface area contributed by atoms with Gasteiger partial charge >= 0.3 is 0 Å². The fourth-order valence-corrected chi connectivity index (χ4v) is 4.41. The number of anilines is 2. The maximum absolute atomic E-state index is 13.1. The zero-order valence-corrected chi connectivity index (χ0v) is 20.5. The molecule has 0 spiro atoms. The molecule has 0 aromatic heterocycles. The molecule has 178 valence electrons. The summed E-state index contributed by atoms with van der Waals surface area (Å²) in [5, 5.41) is 27.1. The number of halogens is 1. The fourth-order valence-electron chi connectivity index (χ4n) is 3.52. The number of hydrogen-bond acceptors (Lipinski definition) is 6. The first-order valence-electron chi connectivity index (χ1n) is 10.2. The lowest BCUT2D eigenvalue weighted by atomic mass is 9.95. The largest absolute Gasteiger partial charge is 0.504 e. The molecule has 7 N–H and O–H groups in total. The first-order chi connectivity index (χ1) is 16.5. The van der Waals surface area contributed by atoms with Crippen LogP contribution >= 0.6 is 15.9 Å². The van der Waals surface area contributed by atoms with Gasteiger partial charge in [-0.25, -0.2) is 13.6 Å². The molecule has 4 aromatic carbocycles. The second-order valence-corrected chi connectivity index (χ2v) is 10.2. The minimum Gasteiger partial charge on any atom is -0.504 e. The minimum atomic E-state index is -3.85. The Kier molecular flexibility index (Phi) is 6.53. The summed E-state index contributed by atoms with van der Waals surface area (Å²) in [5.41, 5.74) is 9.98. The van der Waals surface area contributed by atoms with Gasteiger partial charge in [-0.3, -0.25) is 4.79 Å². The predicted octanol–water partition coefficient (Wildman–Crippen LogP) is 4.68. The molecule has 0 heterocycles. The highest BCUT2D eigenvalue weighted by molar-refractivity contribution is 9.10. The molecule has 8 nitrogen and oxygen atoms in total. The summed E-state index contributed by atoms with van der Waals surface area (Å²) in [6, 6.07) is 20.5. The van der Waals surface area contributed by atoms with E-state index in [-0.39, 0.29) is 22.1 Å². The van der Waals surface area contributed by atoms with Gasteiger partial charge < -0.3 is 21.3 Å². The van der Waals surface area contributed by atoms with E-state index in [1.807, 2.05) is 18.2 Å². The van der Waals surface area contributed by atoms with Crippen molar-refractivity contribution in [1.82, 2.24) is 0 Å². The van der Waals surface area contributed by atoms with Crippen LogP contribution in [0, 0.1) is 0 Å². The van der Waals surface area contributed by atoms with Gasteiger partial charge in [0.25, 0.3) is 5.91 Å². The van der Waals surface area contributed by atoms with Gasteiger partial charge in [-0.05, 0) is 71.3 Å². The molecule has 35 heavy (non-hydrogen) atoms. The van der Waals surface area contributed by atoms with Gasteiger partial charge in [-0.2, -0.15) is 0 Å². The van der Waals surface area contributed by atoms with Crippen molar-refractivity contribution in [3.05, 3.63) is 88.9 Å². The molecule has 0 bridgehead atoms. The van der Waals surface area contributed by atoms with Gasteiger partial charge in [0, 0.05) is 33.0 Å². The second kappa shape index (κ2) is 9.41. The van der Waals surface area contributed by atoms with Crippen molar-refractivity contribution in [2.45, 2.75) is 4.90 Å². The Balaban J connectivity index is 1.80. The molecule has 0 unspecified atom stereocenters. The molecule has 4 rings (SSSR count). The van der Waals surface area contributed by atoms with Gasteiger partial charge in [0.05, 0.1) is 4.90 Å². The summed E-state index contributed by atoms with van der Waals surface area (Å²) < 4.78 is 24.0. The van der Waals surface area contributed by atoms with E-state index < -0.39 is 15.9 Å². The van der Waals surface area contributed by atoms with Crippen molar-refractivity contribution < 1.29 is 23.4 Å². The molecular formula is C25H20BrN3O5S. The molecule has 0 saturated heterocycles. The predicted molar refractivity (Wildman–Crippen MR) is 139 cm³/mol. The topological polar surface area (TPSA) is 156 Å². The number of primary sulfonamides is 1. The first-order valence-corrected chi connectivity index (χ1v) is 12.5. The van der Waals surface area contributed by atoms with Gasteiger partial charge in [0.2, 0.25) is 10.0 Å². The van der Waals surface area contributed by atoms with E-state index in [4.69, 9.17) is 10.9 Å². The molecule has 0 fully saturated rings. The summed E-state index contributed by atoms with van der Waals surface area (Å²) in [6.45, 7) is 0. The van der Waals surface area contributed by atoms with Crippen LogP contribution in [0.2, 0.25) is 0 Å². The lowest BCUT2D eigenvalue weighted by molar-refractivity contribution is 0.102. The number of nitrogens with one attached hydrogen (secondary N) is 1. The summed E-state index contributed by atoms with van der Waals surface area (Å²) in [4.78, 5) is 13.1. The fraction of sp³-hybridized carbons (Fsp3) is 0. The van der Waals surface area contributed by atoms with Crippen molar-refractivity contribution >= 4 is 43.2 Å². The zero-order chi connectivity index (χ0) is 25.3. The number of benzene rings is 4. The third-order valence-electron chi connectivity index (χ3n) is 5.27. The molecule has 1 amide bonds. The van der Waals surface area contributed by atoms with E-state index in [0.29, 0.717) is 33.5 Å². The van der Waals surface area contributed by atoms with Crippen molar-refractivity contribution in [2.24, 2.45) is 5.14 Å². The number of rotatable bonds is 5. The van der Waals surface area contributed by atoms with E-state index in [9.17, 15) is 23.4 Å². The molecule has 0 aliphatic heterocycles. The Labute approximate surface area is 210 Å². The van der Waals surface area contributed by atoms with E-state index in [0.717, 1.165) is 4.47 Å². The third kappa shape index (κ3) is 5.46. The Morgan fingerprint density at radius 1 is 0.800 bits per heavy atom. The lowest BCUT2D eigenvalue weighted by Crippen LogP contribution is -2.12. The Hall–Kier alpha value is -3.86. The summed E-state index contributed by atoms with van der Waals surface area (Å²) >= 11 is 3.39. The van der Waals surface area contributed by atoms with Crippen LogP contribution in [0.3, 0.4) is 0 Å². The molecule has 10 heteroatoms. The minimum absolute atomic E-state index is 0.0281. The Bertz CT molecular complexity index is 1550. The van der Waals surface area contributed by atoms with Gasteiger partial charge in [0.15, 0.2) is 11.5 Å². The van der Waals surface area contributed by atoms with E-state index in [2.05, 4.69) is 21.2 Å². The number of aromatic hydroxyl groups is 2. The number of phenolic OH excluding ortho intramolecular Hbond substituents is 2. The summed E-state index contributed by atoms with van der Waals surface area (Å²) in [5.74, 6) is -1.13. The average Bonchev–Trinajstić information content (AvgIpc) is 2.80. The van der Waals surface area contributed by atoms with Crippen LogP contribution in [-0.4, -0.2) is 24.5 Å². The standard InChI is InChI=1S/C25H20BrN3O5S/c26-18-3-7-21(22(27)12-18)16-9-15(14-1-5-20(6-2-14)35(28,33)34)10-17(11-16)25(32)29-19-4-8-23(30)24(31)13-19/h1-13,30-31H,27H2,(H,29,32)(H2,28,33,34). The molecule has 4 aromatic rings. The smallest absolute Gasteiger partial charge is 0.255 e. The second-order valence-electron chi connectivity index (χ2n) is 7.76. The highest BCUT2D eigenvalue weighted by Crippen LogP contribution is 2.34. The number of carbonyl (C=O) groups is 1. The monoisotopic (exact) mass is 553 g/mol. The van der Waals surface area contributed by atoms with Crippen LogP contribution in [0.1, 0.15) is 10.4 Å². The molecular weight excluding hydrogens is 534 g/mol. The van der Waals surface area contributed by atoms with Crippen molar-refractivity contribution in [1.29, 1.82) is 0 Å². The molecule has 0 aliphatic rings. The van der Waals surface area contributed by atoms with Crippen LogP contribution in [0.4, 0.5) is 11.4 Å². The zero-order valence-electron chi connectivity index (χ0n) is 18.1. The van der Waals surface area contributed by atoms with Crippen LogP contribution in [0.25, 0.3) is 22.3 Å². The number of amides is 1. The van der Waals surface area contributed by atoms with Crippen molar-refractivity contribution in [3.63, 3.8) is 0 Å². The quantitative estimate of drug-likeness (QED) is 0.137. The molecule has 0 radical (unpaired) electrons. The highest BCUT2D eigenvalue weighted by atomic mass is 79.9. The number of nitrogen functional groups attached to an aromatic ring is 1. The van der Waals surface area contributed by atoms with Crippen LogP contribution in [0.5, 0.6) is 11.5 Å². The maximum atomic E-state index is 13.1. The van der Waals surface area contributed by atoms with E-state index >= 15 is 0 Å². The number of sulfonamides is 1. The van der Waals surface area contributed by atoms with Crippen molar-refractivity contribution in [3.8, 4) is 33.8 Å². The normalized spacial score (nSPS) is 11.3. The molecule has 0 atom stereocenters. The Morgan fingerprint density at radius 3 is 2.11 bits per heavy atom.